The van der Waals surface area contributed by atoms with Gasteiger partial charge in [-0.1, -0.05) is 24.2 Å². The molecule has 0 bridgehead atoms. The van der Waals surface area contributed by atoms with E-state index in [9.17, 15) is 5.11 Å². The van der Waals surface area contributed by atoms with Crippen LogP contribution in [-0.4, -0.2) is 21.5 Å². The molecule has 0 aliphatic heterocycles. The molecule has 0 saturated heterocycles. The second-order valence-electron chi connectivity index (χ2n) is 3.15. The van der Waals surface area contributed by atoms with Crippen molar-refractivity contribution in [3.63, 3.8) is 0 Å². The van der Waals surface area contributed by atoms with Gasteiger partial charge in [-0.2, -0.15) is 0 Å². The molecule has 1 aromatic carbocycles. The first-order chi connectivity index (χ1) is 7.79. The number of hydrogen-bond acceptors (Lipinski definition) is 5. The Morgan fingerprint density at radius 2 is 2.19 bits per heavy atom. The van der Waals surface area contributed by atoms with E-state index in [2.05, 4.69) is 15.2 Å². The van der Waals surface area contributed by atoms with Gasteiger partial charge in [0.1, 0.15) is 5.75 Å². The van der Waals surface area contributed by atoms with E-state index >= 15 is 0 Å². The Morgan fingerprint density at radius 1 is 1.38 bits per heavy atom. The average molecular weight is 217 g/mol. The van der Waals surface area contributed by atoms with Gasteiger partial charge in [0.25, 0.3) is 0 Å². The molecule has 5 nitrogen and oxygen atoms in total. The molecule has 0 atom stereocenters. The number of nitrogens with zero attached hydrogens (tertiary/aromatic N) is 3. The zero-order chi connectivity index (χ0) is 11.4. The number of aromatic hydroxyl groups is 1. The normalized spacial score (nSPS) is 11.1. The zero-order valence-electron chi connectivity index (χ0n) is 8.79. The van der Waals surface area contributed by atoms with Crippen LogP contribution in [0.1, 0.15) is 18.4 Å². The van der Waals surface area contributed by atoms with Crippen molar-refractivity contribution in [1.29, 1.82) is 0 Å². The van der Waals surface area contributed by atoms with Gasteiger partial charge in [-0.3, -0.25) is 0 Å². The summed E-state index contributed by atoms with van der Waals surface area (Å²) in [5.74, 6) is 0.714. The second kappa shape index (κ2) is 4.57. The van der Waals surface area contributed by atoms with Gasteiger partial charge in [-0.15, -0.1) is 5.10 Å². The fourth-order valence-electron chi connectivity index (χ4n) is 1.16. The van der Waals surface area contributed by atoms with Crippen LogP contribution >= 0.6 is 0 Å². The molecule has 16 heavy (non-hydrogen) atoms. The third-order valence-electron chi connectivity index (χ3n) is 2.01. The summed E-state index contributed by atoms with van der Waals surface area (Å²) in [6, 6.07) is 7.09. The lowest BCUT2D eigenvalue weighted by Crippen LogP contribution is -1.80. The molecule has 0 radical (unpaired) electrons. The molecular formula is C11H11N3O2. The molecule has 1 aromatic heterocycles. The first-order valence-electron chi connectivity index (χ1n) is 4.94. The molecule has 1 N–H and O–H groups in total. The first-order valence-corrected chi connectivity index (χ1v) is 4.94. The largest absolute Gasteiger partial charge is 0.507 e. The Labute approximate surface area is 92.5 Å². The van der Waals surface area contributed by atoms with Crippen molar-refractivity contribution in [3.05, 3.63) is 35.7 Å². The fraction of sp³-hybridized carbons (Fsp3) is 0.182. The highest BCUT2D eigenvalue weighted by atomic mass is 16.4. The van der Waals surface area contributed by atoms with Crippen LogP contribution in [-0.2, 0) is 6.42 Å². The zero-order valence-corrected chi connectivity index (χ0v) is 8.79. The van der Waals surface area contributed by atoms with Crippen LogP contribution in [0.2, 0.25) is 0 Å². The van der Waals surface area contributed by atoms with Crippen molar-refractivity contribution in [1.82, 2.24) is 10.2 Å². The third-order valence-corrected chi connectivity index (χ3v) is 2.01. The summed E-state index contributed by atoms with van der Waals surface area (Å²) in [6.07, 6.45) is 2.17. The van der Waals surface area contributed by atoms with Gasteiger partial charge < -0.3 is 9.52 Å². The maximum absolute atomic E-state index is 9.48. The van der Waals surface area contributed by atoms with E-state index in [1.54, 1.807) is 18.2 Å². The summed E-state index contributed by atoms with van der Waals surface area (Å²) in [7, 11) is 0. The predicted molar refractivity (Wildman–Crippen MR) is 59.0 cm³/mol. The second-order valence-corrected chi connectivity index (χ2v) is 3.15. The van der Waals surface area contributed by atoms with Crippen LogP contribution < -0.4 is 0 Å². The van der Waals surface area contributed by atoms with Crippen molar-refractivity contribution in [2.75, 3.05) is 0 Å². The van der Waals surface area contributed by atoms with E-state index < -0.39 is 0 Å². The van der Waals surface area contributed by atoms with Gasteiger partial charge in [0.2, 0.25) is 5.89 Å². The number of benzene rings is 1. The van der Waals surface area contributed by atoms with Gasteiger partial charge >= 0.3 is 6.01 Å². The fourth-order valence-corrected chi connectivity index (χ4v) is 1.16. The van der Waals surface area contributed by atoms with E-state index in [-0.39, 0.29) is 11.8 Å². The van der Waals surface area contributed by atoms with E-state index in [1.807, 2.05) is 13.0 Å². The summed E-state index contributed by atoms with van der Waals surface area (Å²) >= 11 is 0. The third kappa shape index (κ3) is 2.25. The Morgan fingerprint density at radius 3 is 2.88 bits per heavy atom. The smallest absolute Gasteiger partial charge is 0.342 e. The molecule has 5 heteroatoms. The Kier molecular flexibility index (Phi) is 2.95. The van der Waals surface area contributed by atoms with Crippen LogP contribution in [0.25, 0.3) is 0 Å². The topological polar surface area (TPSA) is 71.5 Å². The minimum absolute atomic E-state index is 0.168. The molecule has 0 saturated carbocycles. The number of hydrogen-bond donors (Lipinski definition) is 1. The van der Waals surface area contributed by atoms with Crippen LogP contribution in [0, 0.1) is 0 Å². The Bertz CT molecular complexity index is 505. The summed E-state index contributed by atoms with van der Waals surface area (Å²) in [4.78, 5) is 3.98. The van der Waals surface area contributed by atoms with Crippen molar-refractivity contribution in [2.45, 2.75) is 13.3 Å². The van der Waals surface area contributed by atoms with Crippen molar-refractivity contribution >= 4 is 12.2 Å². The SMILES string of the molecule is CCc1nnc(/N=C/c2ccccc2O)o1. The summed E-state index contributed by atoms with van der Waals surface area (Å²) in [6.45, 7) is 1.92. The maximum Gasteiger partial charge on any atom is 0.342 e. The number of para-hydroxylation sites is 1. The number of aryl methyl sites for hydroxylation is 1. The van der Waals surface area contributed by atoms with Gasteiger partial charge in [0.05, 0.1) is 0 Å². The first kappa shape index (κ1) is 10.4. The number of rotatable bonds is 3. The lowest BCUT2D eigenvalue weighted by molar-refractivity contribution is 0.474. The molecule has 0 amide bonds. The molecule has 0 spiro atoms. The molecular weight excluding hydrogens is 206 g/mol. The van der Waals surface area contributed by atoms with E-state index in [0.29, 0.717) is 17.9 Å². The van der Waals surface area contributed by atoms with Gasteiger partial charge in [0, 0.05) is 18.2 Å². The molecule has 0 fully saturated rings. The standard InChI is InChI=1S/C11H11N3O2/c1-2-10-13-14-11(16-10)12-7-8-5-3-4-6-9(8)15/h3-7,15H,2H2,1H3/b12-7+. The minimum atomic E-state index is 0.168. The highest BCUT2D eigenvalue weighted by molar-refractivity contribution is 5.84. The van der Waals surface area contributed by atoms with Crippen LogP contribution in [0.4, 0.5) is 6.01 Å². The molecule has 2 rings (SSSR count). The van der Waals surface area contributed by atoms with E-state index in [4.69, 9.17) is 4.42 Å². The average Bonchev–Trinajstić information content (AvgIpc) is 2.76. The van der Waals surface area contributed by atoms with Crippen molar-refractivity contribution < 1.29 is 9.52 Å². The summed E-state index contributed by atoms with van der Waals surface area (Å²) < 4.78 is 5.19. The van der Waals surface area contributed by atoms with E-state index in [1.165, 1.54) is 6.21 Å². The summed E-state index contributed by atoms with van der Waals surface area (Å²) in [5, 5.41) is 17.0. The number of aliphatic imine (C=N–C) groups is 1. The number of phenols is 1. The predicted octanol–water partition coefficient (Wildman–Crippen LogP) is 2.09. The Hall–Kier alpha value is -2.17. The molecule has 1 heterocycles. The van der Waals surface area contributed by atoms with E-state index in [0.717, 1.165) is 0 Å². The molecule has 0 aliphatic rings. The van der Waals surface area contributed by atoms with Crippen molar-refractivity contribution in [2.24, 2.45) is 4.99 Å². The lowest BCUT2D eigenvalue weighted by Gasteiger charge is -1.94. The summed E-state index contributed by atoms with van der Waals surface area (Å²) in [5.41, 5.74) is 0.610. The van der Waals surface area contributed by atoms with Crippen LogP contribution in [0.15, 0.2) is 33.7 Å². The van der Waals surface area contributed by atoms with Crippen LogP contribution in [0.5, 0.6) is 5.75 Å². The highest BCUT2D eigenvalue weighted by Crippen LogP contribution is 2.15. The quantitative estimate of drug-likeness (QED) is 0.799. The minimum Gasteiger partial charge on any atom is -0.507 e. The lowest BCUT2D eigenvalue weighted by atomic mass is 10.2. The van der Waals surface area contributed by atoms with Crippen molar-refractivity contribution in [3.8, 4) is 5.75 Å². The molecule has 0 aliphatic carbocycles. The molecule has 2 aromatic rings. The highest BCUT2D eigenvalue weighted by Gasteiger charge is 2.01. The maximum atomic E-state index is 9.48. The molecule has 0 unspecified atom stereocenters. The van der Waals surface area contributed by atoms with Gasteiger partial charge in [0.15, 0.2) is 0 Å². The number of phenolic OH excluding ortho intramolecular Hbond substituents is 1. The molecule has 82 valence electrons. The van der Waals surface area contributed by atoms with Crippen LogP contribution in [0.3, 0.4) is 0 Å². The Balaban J connectivity index is 2.18. The van der Waals surface area contributed by atoms with Gasteiger partial charge in [-0.25, -0.2) is 4.99 Å². The number of aromatic nitrogens is 2. The van der Waals surface area contributed by atoms with Gasteiger partial charge in [-0.05, 0) is 12.1 Å². The monoisotopic (exact) mass is 217 g/mol.